The topological polar surface area (TPSA) is 97.0 Å². The summed E-state index contributed by atoms with van der Waals surface area (Å²) in [6.45, 7) is 26.8. The predicted molar refractivity (Wildman–Crippen MR) is 175 cm³/mol. The minimum absolute atomic E-state index is 0.0141. The number of hydrogen-bond donors (Lipinski definition) is 3. The van der Waals surface area contributed by atoms with Gasteiger partial charge in [0.1, 0.15) is 0 Å². The van der Waals surface area contributed by atoms with Crippen LogP contribution in [0.5, 0.6) is 0 Å². The van der Waals surface area contributed by atoms with Gasteiger partial charge in [0.2, 0.25) is 17.7 Å². The number of carbonyl (C=O) groups excluding carboxylic acids is 3. The largest absolute Gasteiger partial charge is 0.341 e. The number of anilines is 1. The molecule has 2 fully saturated rings. The van der Waals surface area contributed by atoms with Crippen LogP contribution in [-0.2, 0) is 19.8 Å². The molecule has 240 valence electrons. The predicted octanol–water partition coefficient (Wildman–Crippen LogP) is 3.94. The average Bonchev–Trinajstić information content (AvgIpc) is 2.91. The van der Waals surface area contributed by atoms with Gasteiger partial charge in [0.15, 0.2) is 0 Å². The molecule has 9 heteroatoms. The number of rotatable bonds is 10. The van der Waals surface area contributed by atoms with Gasteiger partial charge in [0.25, 0.3) is 0 Å². The monoisotopic (exact) mass is 588 g/mol. The first kappa shape index (κ1) is 37.5. The van der Waals surface area contributed by atoms with Crippen LogP contribution in [-0.4, -0.2) is 103 Å². The van der Waals surface area contributed by atoms with Crippen molar-refractivity contribution in [3.8, 4) is 0 Å². The lowest BCUT2D eigenvalue weighted by atomic mass is 9.87. The molecule has 0 aliphatic carbocycles. The van der Waals surface area contributed by atoms with E-state index in [0.717, 1.165) is 37.8 Å². The molecular formula is C33H60N6O3. The summed E-state index contributed by atoms with van der Waals surface area (Å²) >= 11 is 0. The third kappa shape index (κ3) is 14.1. The fraction of sp³-hybridized carbons (Fsp3) is 0.727. The van der Waals surface area contributed by atoms with Gasteiger partial charge in [-0.25, -0.2) is 0 Å². The molecule has 9 nitrogen and oxygen atoms in total. The first-order valence-corrected chi connectivity index (χ1v) is 15.9. The fourth-order valence-corrected chi connectivity index (χ4v) is 4.45. The Morgan fingerprint density at radius 3 is 1.71 bits per heavy atom. The van der Waals surface area contributed by atoms with E-state index in [1.165, 1.54) is 12.0 Å². The summed E-state index contributed by atoms with van der Waals surface area (Å²) in [5.41, 5.74) is 2.17. The molecule has 2 heterocycles. The number of nitrogens with one attached hydrogen (secondary N) is 3. The maximum absolute atomic E-state index is 12.3. The molecule has 3 rings (SSSR count). The van der Waals surface area contributed by atoms with Crippen LogP contribution >= 0.6 is 0 Å². The van der Waals surface area contributed by atoms with Gasteiger partial charge < -0.3 is 25.8 Å². The van der Waals surface area contributed by atoms with Crippen molar-refractivity contribution in [3.05, 3.63) is 29.8 Å². The number of carbonyl (C=O) groups is 3. The van der Waals surface area contributed by atoms with Crippen LogP contribution in [0.2, 0.25) is 0 Å². The van der Waals surface area contributed by atoms with Crippen molar-refractivity contribution in [3.63, 3.8) is 0 Å². The number of hydrogen-bond acceptors (Lipinski definition) is 6. The van der Waals surface area contributed by atoms with E-state index in [9.17, 15) is 14.4 Å². The lowest BCUT2D eigenvalue weighted by molar-refractivity contribution is -0.136. The summed E-state index contributed by atoms with van der Waals surface area (Å²) < 4.78 is 0. The van der Waals surface area contributed by atoms with Gasteiger partial charge in [0, 0.05) is 57.0 Å². The minimum atomic E-state index is -0.0141. The van der Waals surface area contributed by atoms with Crippen LogP contribution in [0.3, 0.4) is 0 Å². The maximum Gasteiger partial charge on any atom is 0.238 e. The van der Waals surface area contributed by atoms with Gasteiger partial charge in [-0.05, 0) is 35.4 Å². The van der Waals surface area contributed by atoms with Gasteiger partial charge in [0.05, 0.1) is 19.6 Å². The standard InChI is InChI=1S/C21H34N4O2.C10H20N2O.C2H6/c1-16(2)22-14-20(27)25-12-10-24(11-13-25)15-19(26)23-18-8-6-17(7-9-18)21(3,4)5;1-4-9-6-12(7-9)10(13)5-11-8(2)3;1-2/h6-9,16,22H,10-15H2,1-5H3,(H,23,26);8-9,11H,4-7H2,1-3H3;1-2H3. The van der Waals surface area contributed by atoms with Gasteiger partial charge in [-0.1, -0.05) is 81.4 Å². The van der Waals surface area contributed by atoms with Crippen LogP contribution < -0.4 is 16.0 Å². The normalized spacial score (nSPS) is 15.8. The van der Waals surface area contributed by atoms with E-state index in [4.69, 9.17) is 0 Å². The zero-order valence-corrected chi connectivity index (χ0v) is 28.2. The van der Waals surface area contributed by atoms with Gasteiger partial charge >= 0.3 is 0 Å². The molecule has 2 aliphatic heterocycles. The van der Waals surface area contributed by atoms with Crippen molar-refractivity contribution in [2.24, 2.45) is 5.92 Å². The smallest absolute Gasteiger partial charge is 0.238 e. The molecule has 3 amide bonds. The Bertz CT molecular complexity index is 928. The number of benzene rings is 1. The Morgan fingerprint density at radius 1 is 0.810 bits per heavy atom. The second kappa shape index (κ2) is 18.9. The molecule has 2 saturated heterocycles. The van der Waals surface area contributed by atoms with E-state index in [0.29, 0.717) is 44.8 Å². The van der Waals surface area contributed by atoms with Crippen molar-refractivity contribution < 1.29 is 14.4 Å². The number of amides is 3. The van der Waals surface area contributed by atoms with Gasteiger partial charge in [-0.3, -0.25) is 19.3 Å². The molecule has 0 aromatic heterocycles. The third-order valence-electron chi connectivity index (χ3n) is 7.34. The summed E-state index contributed by atoms with van der Waals surface area (Å²) in [5.74, 6) is 1.12. The quantitative estimate of drug-likeness (QED) is 0.383. The minimum Gasteiger partial charge on any atom is -0.341 e. The Labute approximate surface area is 256 Å². The van der Waals surface area contributed by atoms with Crippen molar-refractivity contribution >= 4 is 23.4 Å². The second-order valence-corrected chi connectivity index (χ2v) is 12.7. The lowest BCUT2D eigenvalue weighted by Crippen LogP contribution is -2.52. The molecule has 42 heavy (non-hydrogen) atoms. The molecule has 0 saturated carbocycles. The Kier molecular flexibility index (Phi) is 16.9. The highest BCUT2D eigenvalue weighted by Gasteiger charge is 2.28. The van der Waals surface area contributed by atoms with Crippen LogP contribution in [0, 0.1) is 5.92 Å². The average molecular weight is 589 g/mol. The van der Waals surface area contributed by atoms with Gasteiger partial charge in [-0.2, -0.15) is 0 Å². The first-order valence-electron chi connectivity index (χ1n) is 15.9. The fourth-order valence-electron chi connectivity index (χ4n) is 4.45. The zero-order chi connectivity index (χ0) is 31.9. The summed E-state index contributed by atoms with van der Waals surface area (Å²) in [6, 6.07) is 8.73. The second-order valence-electron chi connectivity index (χ2n) is 12.7. The van der Waals surface area contributed by atoms with Crippen LogP contribution in [0.1, 0.15) is 81.2 Å². The van der Waals surface area contributed by atoms with E-state index in [1.807, 2.05) is 49.6 Å². The maximum atomic E-state index is 12.3. The molecule has 0 atom stereocenters. The molecule has 0 radical (unpaired) electrons. The van der Waals surface area contributed by atoms with Crippen LogP contribution in [0.4, 0.5) is 5.69 Å². The van der Waals surface area contributed by atoms with Crippen molar-refractivity contribution in [1.82, 2.24) is 25.3 Å². The lowest BCUT2D eigenvalue weighted by Gasteiger charge is -2.39. The van der Waals surface area contributed by atoms with Gasteiger partial charge in [-0.15, -0.1) is 0 Å². The Morgan fingerprint density at radius 2 is 1.29 bits per heavy atom. The summed E-state index contributed by atoms with van der Waals surface area (Å²) in [5, 5.41) is 9.26. The molecule has 0 bridgehead atoms. The van der Waals surface area contributed by atoms with Crippen molar-refractivity contribution in [2.45, 2.75) is 93.2 Å². The molecule has 1 aromatic carbocycles. The first-order chi connectivity index (χ1) is 19.8. The van der Waals surface area contributed by atoms with Crippen LogP contribution in [0.15, 0.2) is 24.3 Å². The Hall–Kier alpha value is -2.49. The molecular weight excluding hydrogens is 528 g/mol. The highest BCUT2D eigenvalue weighted by molar-refractivity contribution is 5.92. The highest BCUT2D eigenvalue weighted by atomic mass is 16.2. The van der Waals surface area contributed by atoms with E-state index in [1.54, 1.807) is 0 Å². The van der Waals surface area contributed by atoms with Crippen molar-refractivity contribution in [2.75, 3.05) is 64.2 Å². The van der Waals surface area contributed by atoms with E-state index >= 15 is 0 Å². The number of likely N-dealkylation sites (tertiary alicyclic amines) is 1. The van der Waals surface area contributed by atoms with Crippen molar-refractivity contribution in [1.29, 1.82) is 0 Å². The molecule has 0 spiro atoms. The number of nitrogens with zero attached hydrogens (tertiary/aromatic N) is 3. The zero-order valence-electron chi connectivity index (χ0n) is 28.2. The van der Waals surface area contributed by atoms with E-state index in [-0.39, 0.29) is 23.1 Å². The molecule has 0 unspecified atom stereocenters. The van der Waals surface area contributed by atoms with Crippen LogP contribution in [0.25, 0.3) is 0 Å². The Balaban J connectivity index is 0.000000491. The highest BCUT2D eigenvalue weighted by Crippen LogP contribution is 2.23. The van der Waals surface area contributed by atoms with E-state index in [2.05, 4.69) is 74.5 Å². The summed E-state index contributed by atoms with van der Waals surface area (Å²) in [4.78, 5) is 41.8. The third-order valence-corrected chi connectivity index (χ3v) is 7.34. The number of piperazine rings is 1. The van der Waals surface area contributed by atoms with E-state index < -0.39 is 0 Å². The molecule has 3 N–H and O–H groups in total. The molecule has 1 aromatic rings. The summed E-state index contributed by atoms with van der Waals surface area (Å²) in [6.07, 6.45) is 1.20. The SMILES string of the molecule is CC.CC(C)NCC(=O)N1CCN(CC(=O)Nc2ccc(C(C)(C)C)cc2)CC1.CCC1CN(C(=O)CNC(C)C)C1. The molecule has 2 aliphatic rings. The summed E-state index contributed by atoms with van der Waals surface area (Å²) in [7, 11) is 0.